The minimum Gasteiger partial charge on any atom is -0.371 e. The first kappa shape index (κ1) is 16.5. The van der Waals surface area contributed by atoms with E-state index in [1.807, 2.05) is 18.2 Å². The highest BCUT2D eigenvalue weighted by atomic mass is 16.2. The molecule has 2 heterocycles. The molecular weight excluding hydrogens is 306 g/mol. The highest BCUT2D eigenvalue weighted by Crippen LogP contribution is 2.24. The monoisotopic (exact) mass is 329 g/mol. The summed E-state index contributed by atoms with van der Waals surface area (Å²) < 4.78 is 0. The summed E-state index contributed by atoms with van der Waals surface area (Å²) in [6.07, 6.45) is 3.84. The molecule has 6 heteroatoms. The number of carbonyl (C=O) groups is 3. The zero-order valence-corrected chi connectivity index (χ0v) is 13.7. The van der Waals surface area contributed by atoms with Gasteiger partial charge in [0.05, 0.1) is 5.92 Å². The van der Waals surface area contributed by atoms with Gasteiger partial charge in [0.15, 0.2) is 0 Å². The van der Waals surface area contributed by atoms with Gasteiger partial charge in [-0.3, -0.25) is 19.7 Å². The van der Waals surface area contributed by atoms with Crippen molar-refractivity contribution in [1.29, 1.82) is 0 Å². The van der Waals surface area contributed by atoms with Crippen molar-refractivity contribution in [2.75, 3.05) is 18.0 Å². The van der Waals surface area contributed by atoms with Crippen LogP contribution in [0.4, 0.5) is 5.69 Å². The molecule has 0 bridgehead atoms. The summed E-state index contributed by atoms with van der Waals surface area (Å²) in [5.74, 6) is -1.37. The summed E-state index contributed by atoms with van der Waals surface area (Å²) in [4.78, 5) is 37.2. The van der Waals surface area contributed by atoms with Gasteiger partial charge in [0.25, 0.3) is 0 Å². The third kappa shape index (κ3) is 3.93. The number of carbonyl (C=O) groups excluding carboxylic acids is 3. The van der Waals surface area contributed by atoms with Crippen LogP contribution >= 0.6 is 0 Å². The number of rotatable bonds is 5. The van der Waals surface area contributed by atoms with Crippen LogP contribution in [-0.4, -0.2) is 30.8 Å². The first-order valence-corrected chi connectivity index (χ1v) is 8.57. The van der Waals surface area contributed by atoms with Crippen LogP contribution in [0.3, 0.4) is 0 Å². The number of hydrogen-bond donors (Lipinski definition) is 2. The molecule has 1 aromatic carbocycles. The van der Waals surface area contributed by atoms with E-state index in [0.29, 0.717) is 6.54 Å². The van der Waals surface area contributed by atoms with E-state index in [0.717, 1.165) is 18.7 Å². The fourth-order valence-electron chi connectivity index (χ4n) is 3.37. The molecule has 0 spiro atoms. The Kier molecular flexibility index (Phi) is 5.13. The standard InChI is InChI=1S/C18H23N3O3/c22-16(10-14-11-17(23)20-18(14)24)19-12-13-6-2-3-7-15(13)21-8-4-1-5-9-21/h2-3,6-7,14H,1,4-5,8-12H2,(H,19,22)(H,20,23,24). The molecule has 2 N–H and O–H groups in total. The Bertz CT molecular complexity index is 638. The Morgan fingerprint density at radius 2 is 1.92 bits per heavy atom. The van der Waals surface area contributed by atoms with Gasteiger partial charge in [-0.25, -0.2) is 0 Å². The first-order valence-electron chi connectivity index (χ1n) is 8.57. The molecule has 2 saturated heterocycles. The topological polar surface area (TPSA) is 78.5 Å². The van der Waals surface area contributed by atoms with E-state index in [1.54, 1.807) is 0 Å². The second-order valence-electron chi connectivity index (χ2n) is 6.47. The number of piperidine rings is 1. The molecule has 2 aliphatic rings. The number of para-hydroxylation sites is 1. The predicted molar refractivity (Wildman–Crippen MR) is 90.2 cm³/mol. The number of anilines is 1. The fraction of sp³-hybridized carbons (Fsp3) is 0.500. The molecule has 128 valence electrons. The lowest BCUT2D eigenvalue weighted by Crippen LogP contribution is -2.32. The summed E-state index contributed by atoms with van der Waals surface area (Å²) in [6.45, 7) is 2.54. The van der Waals surface area contributed by atoms with Gasteiger partial charge in [-0.15, -0.1) is 0 Å². The highest BCUT2D eigenvalue weighted by Gasteiger charge is 2.32. The maximum absolute atomic E-state index is 12.1. The van der Waals surface area contributed by atoms with Crippen molar-refractivity contribution >= 4 is 23.4 Å². The van der Waals surface area contributed by atoms with E-state index in [2.05, 4.69) is 21.6 Å². The average Bonchev–Trinajstić information content (AvgIpc) is 2.91. The maximum Gasteiger partial charge on any atom is 0.230 e. The van der Waals surface area contributed by atoms with Gasteiger partial charge < -0.3 is 10.2 Å². The predicted octanol–water partition coefficient (Wildman–Crippen LogP) is 1.35. The van der Waals surface area contributed by atoms with Crippen LogP contribution in [0.1, 0.15) is 37.7 Å². The van der Waals surface area contributed by atoms with E-state index in [1.165, 1.54) is 24.9 Å². The maximum atomic E-state index is 12.1. The van der Waals surface area contributed by atoms with Gasteiger partial charge in [-0.2, -0.15) is 0 Å². The van der Waals surface area contributed by atoms with Gasteiger partial charge >= 0.3 is 0 Å². The van der Waals surface area contributed by atoms with Gasteiger partial charge in [0.2, 0.25) is 17.7 Å². The summed E-state index contributed by atoms with van der Waals surface area (Å²) in [5.41, 5.74) is 2.26. The second-order valence-corrected chi connectivity index (χ2v) is 6.47. The van der Waals surface area contributed by atoms with E-state index < -0.39 is 5.92 Å². The molecule has 2 fully saturated rings. The largest absolute Gasteiger partial charge is 0.371 e. The van der Waals surface area contributed by atoms with Crippen molar-refractivity contribution in [3.05, 3.63) is 29.8 Å². The number of nitrogens with one attached hydrogen (secondary N) is 2. The Hall–Kier alpha value is -2.37. The minimum atomic E-state index is -0.533. The van der Waals surface area contributed by atoms with Crippen LogP contribution in [0.5, 0.6) is 0 Å². The van der Waals surface area contributed by atoms with Gasteiger partial charge in [-0.05, 0) is 30.9 Å². The smallest absolute Gasteiger partial charge is 0.230 e. The van der Waals surface area contributed by atoms with Crippen molar-refractivity contribution in [2.24, 2.45) is 5.92 Å². The zero-order valence-electron chi connectivity index (χ0n) is 13.7. The van der Waals surface area contributed by atoms with Crippen molar-refractivity contribution in [3.8, 4) is 0 Å². The van der Waals surface area contributed by atoms with Crippen molar-refractivity contribution in [3.63, 3.8) is 0 Å². The Balaban J connectivity index is 1.57. The molecule has 0 aliphatic carbocycles. The normalized spacial score (nSPS) is 20.8. The fourth-order valence-corrected chi connectivity index (χ4v) is 3.37. The van der Waals surface area contributed by atoms with Crippen molar-refractivity contribution < 1.29 is 14.4 Å². The lowest BCUT2D eigenvalue weighted by Gasteiger charge is -2.30. The molecule has 6 nitrogen and oxygen atoms in total. The summed E-state index contributed by atoms with van der Waals surface area (Å²) >= 11 is 0. The molecule has 2 aliphatic heterocycles. The van der Waals surface area contributed by atoms with Gasteiger partial charge in [0, 0.05) is 38.2 Å². The molecule has 3 rings (SSSR count). The number of imide groups is 1. The second kappa shape index (κ2) is 7.47. The van der Waals surface area contributed by atoms with E-state index in [9.17, 15) is 14.4 Å². The molecule has 24 heavy (non-hydrogen) atoms. The number of amides is 3. The van der Waals surface area contributed by atoms with Crippen LogP contribution in [0, 0.1) is 5.92 Å². The van der Waals surface area contributed by atoms with Crippen LogP contribution in [0.25, 0.3) is 0 Å². The third-order valence-corrected chi connectivity index (χ3v) is 4.66. The molecule has 0 aromatic heterocycles. The number of nitrogens with zero attached hydrogens (tertiary/aromatic N) is 1. The average molecular weight is 329 g/mol. The SMILES string of the molecule is O=C(CC1CC(=O)NC1=O)NCc1ccccc1N1CCCCC1. The Labute approximate surface area is 141 Å². The van der Waals surface area contributed by atoms with E-state index >= 15 is 0 Å². The van der Waals surface area contributed by atoms with Crippen LogP contribution in [-0.2, 0) is 20.9 Å². The van der Waals surface area contributed by atoms with Crippen molar-refractivity contribution in [1.82, 2.24) is 10.6 Å². The van der Waals surface area contributed by atoms with Crippen molar-refractivity contribution in [2.45, 2.75) is 38.6 Å². The quantitative estimate of drug-likeness (QED) is 0.799. The summed E-state index contributed by atoms with van der Waals surface area (Å²) in [5, 5.41) is 5.12. The minimum absolute atomic E-state index is 0.0590. The molecule has 0 saturated carbocycles. The number of benzene rings is 1. The molecular formula is C18H23N3O3. The first-order chi connectivity index (χ1) is 11.6. The zero-order chi connectivity index (χ0) is 16.9. The van der Waals surface area contributed by atoms with E-state index in [-0.39, 0.29) is 30.6 Å². The number of hydrogen-bond acceptors (Lipinski definition) is 4. The van der Waals surface area contributed by atoms with Gasteiger partial charge in [0.1, 0.15) is 0 Å². The van der Waals surface area contributed by atoms with E-state index in [4.69, 9.17) is 0 Å². The molecule has 0 radical (unpaired) electrons. The lowest BCUT2D eigenvalue weighted by molar-refractivity contribution is -0.129. The Morgan fingerprint density at radius 1 is 1.17 bits per heavy atom. The molecule has 1 aromatic rings. The summed E-state index contributed by atoms with van der Waals surface area (Å²) in [6, 6.07) is 8.10. The third-order valence-electron chi connectivity index (χ3n) is 4.66. The lowest BCUT2D eigenvalue weighted by atomic mass is 10.0. The summed E-state index contributed by atoms with van der Waals surface area (Å²) in [7, 11) is 0. The van der Waals surface area contributed by atoms with Crippen LogP contribution in [0.15, 0.2) is 24.3 Å². The Morgan fingerprint density at radius 3 is 2.62 bits per heavy atom. The molecule has 1 unspecified atom stereocenters. The highest BCUT2D eigenvalue weighted by molar-refractivity contribution is 6.04. The molecule has 3 amide bonds. The van der Waals surface area contributed by atoms with Gasteiger partial charge in [-0.1, -0.05) is 18.2 Å². The van der Waals surface area contributed by atoms with Crippen LogP contribution < -0.4 is 15.5 Å². The van der Waals surface area contributed by atoms with Crippen LogP contribution in [0.2, 0.25) is 0 Å². The molecule has 1 atom stereocenters.